The highest BCUT2D eigenvalue weighted by atomic mass is 16.6. The number of aromatic nitrogens is 2. The quantitative estimate of drug-likeness (QED) is 0.934. The Kier molecular flexibility index (Phi) is 3.26. The summed E-state index contributed by atoms with van der Waals surface area (Å²) in [5, 5.41) is 7.86. The van der Waals surface area contributed by atoms with E-state index in [0.29, 0.717) is 13.2 Å². The maximum Gasteiger partial charge on any atom is 0.184 e. The van der Waals surface area contributed by atoms with Crippen molar-refractivity contribution in [2.24, 2.45) is 7.05 Å². The molecule has 0 bridgehead atoms. The minimum atomic E-state index is 0.153. The van der Waals surface area contributed by atoms with Gasteiger partial charge in [0.1, 0.15) is 13.2 Å². The van der Waals surface area contributed by atoms with Gasteiger partial charge in [-0.25, -0.2) is 0 Å². The second kappa shape index (κ2) is 5.07. The van der Waals surface area contributed by atoms with Gasteiger partial charge >= 0.3 is 0 Å². The first-order chi connectivity index (χ1) is 9.65. The number of nitrogens with one attached hydrogen (secondary N) is 1. The van der Waals surface area contributed by atoms with E-state index in [1.54, 1.807) is 0 Å². The first-order valence-electron chi connectivity index (χ1n) is 6.80. The predicted octanol–water partition coefficient (Wildman–Crippen LogP) is 2.67. The number of nitrogens with zero attached hydrogens (tertiary/aromatic N) is 2. The Hall–Kier alpha value is -2.17. The molecule has 0 saturated carbocycles. The lowest BCUT2D eigenvalue weighted by molar-refractivity contribution is 0.172. The van der Waals surface area contributed by atoms with E-state index in [1.807, 2.05) is 43.0 Å². The summed E-state index contributed by atoms with van der Waals surface area (Å²) in [6.45, 7) is 5.33. The lowest BCUT2D eigenvalue weighted by Gasteiger charge is -2.23. The van der Waals surface area contributed by atoms with E-state index >= 15 is 0 Å². The number of aryl methyl sites for hydroxylation is 2. The van der Waals surface area contributed by atoms with Crippen molar-refractivity contribution >= 4 is 5.69 Å². The molecule has 2 heterocycles. The molecule has 106 valence electrons. The Morgan fingerprint density at radius 3 is 2.85 bits per heavy atom. The molecule has 0 aliphatic carbocycles. The number of ether oxygens (including phenoxy) is 2. The highest BCUT2D eigenvalue weighted by Crippen LogP contribution is 2.38. The van der Waals surface area contributed by atoms with E-state index in [0.717, 1.165) is 22.9 Å². The van der Waals surface area contributed by atoms with Crippen LogP contribution in [0.4, 0.5) is 5.69 Å². The molecule has 0 spiro atoms. The molecule has 20 heavy (non-hydrogen) atoms. The molecule has 1 aromatic carbocycles. The van der Waals surface area contributed by atoms with E-state index in [2.05, 4.69) is 17.3 Å². The van der Waals surface area contributed by atoms with Crippen LogP contribution in [-0.2, 0) is 7.05 Å². The molecule has 1 aliphatic rings. The maximum absolute atomic E-state index is 5.72. The fourth-order valence-corrected chi connectivity index (χ4v) is 2.54. The third-order valence-electron chi connectivity index (χ3n) is 3.46. The van der Waals surface area contributed by atoms with Crippen molar-refractivity contribution in [3.63, 3.8) is 0 Å². The lowest BCUT2D eigenvalue weighted by atomic mass is 10.1. The Morgan fingerprint density at radius 2 is 2.10 bits per heavy atom. The number of hydrogen-bond donors (Lipinski definition) is 1. The van der Waals surface area contributed by atoms with Crippen molar-refractivity contribution in [3.05, 3.63) is 35.7 Å². The summed E-state index contributed by atoms with van der Waals surface area (Å²) in [5.74, 6) is 1.60. The molecule has 3 rings (SSSR count). The van der Waals surface area contributed by atoms with Crippen LogP contribution in [0.15, 0.2) is 24.4 Å². The van der Waals surface area contributed by atoms with Crippen molar-refractivity contribution in [3.8, 4) is 11.5 Å². The van der Waals surface area contributed by atoms with Crippen LogP contribution in [0.5, 0.6) is 11.5 Å². The number of anilines is 1. The van der Waals surface area contributed by atoms with Crippen LogP contribution in [0.25, 0.3) is 0 Å². The third-order valence-corrected chi connectivity index (χ3v) is 3.46. The molecule has 0 radical (unpaired) electrons. The highest BCUT2D eigenvalue weighted by Gasteiger charge is 2.18. The molecule has 0 fully saturated rings. The zero-order valence-electron chi connectivity index (χ0n) is 12.0. The molecular weight excluding hydrogens is 254 g/mol. The Balaban J connectivity index is 1.86. The fourth-order valence-electron chi connectivity index (χ4n) is 2.54. The minimum absolute atomic E-state index is 0.153. The summed E-state index contributed by atoms with van der Waals surface area (Å²) in [4.78, 5) is 0. The monoisotopic (exact) mass is 273 g/mol. The van der Waals surface area contributed by atoms with Crippen molar-refractivity contribution in [1.29, 1.82) is 0 Å². The molecule has 1 aliphatic heterocycles. The van der Waals surface area contributed by atoms with Gasteiger partial charge < -0.3 is 14.8 Å². The number of hydrogen-bond acceptors (Lipinski definition) is 4. The molecule has 0 saturated heterocycles. The van der Waals surface area contributed by atoms with Gasteiger partial charge in [-0.15, -0.1) is 0 Å². The van der Waals surface area contributed by atoms with Gasteiger partial charge in [0.25, 0.3) is 0 Å². The zero-order valence-corrected chi connectivity index (χ0v) is 12.0. The first kappa shape index (κ1) is 12.8. The summed E-state index contributed by atoms with van der Waals surface area (Å²) in [6.07, 6.45) is 2.04. The van der Waals surface area contributed by atoms with Gasteiger partial charge in [0.2, 0.25) is 0 Å². The Bertz CT molecular complexity index is 622. The number of fused-ring (bicyclic) bond motifs is 1. The summed E-state index contributed by atoms with van der Waals surface area (Å²) in [6, 6.07) is 6.06. The van der Waals surface area contributed by atoms with E-state index in [4.69, 9.17) is 9.47 Å². The second-order valence-electron chi connectivity index (χ2n) is 5.04. The van der Waals surface area contributed by atoms with Gasteiger partial charge in [-0.2, -0.15) is 5.10 Å². The van der Waals surface area contributed by atoms with Gasteiger partial charge in [0.05, 0.1) is 17.4 Å². The number of para-hydroxylation sites is 1. The van der Waals surface area contributed by atoms with Gasteiger partial charge in [0, 0.05) is 18.8 Å². The molecule has 5 heteroatoms. The van der Waals surface area contributed by atoms with Gasteiger partial charge in [0.15, 0.2) is 11.5 Å². The van der Waals surface area contributed by atoms with Crippen LogP contribution in [0.2, 0.25) is 0 Å². The SMILES string of the molecule is Cc1nn(C)cc1C(C)Nc1cccc2c1OCCO2. The van der Waals surface area contributed by atoms with Crippen LogP contribution >= 0.6 is 0 Å². The standard InChI is InChI=1S/C15H19N3O2/c1-10(12-9-18(3)17-11(12)2)16-13-5-4-6-14-15(13)20-8-7-19-14/h4-6,9-10,16H,7-8H2,1-3H3. The average Bonchev–Trinajstić information content (AvgIpc) is 2.78. The lowest BCUT2D eigenvalue weighted by Crippen LogP contribution is -2.17. The highest BCUT2D eigenvalue weighted by molar-refractivity contribution is 5.64. The van der Waals surface area contributed by atoms with E-state index in [1.165, 1.54) is 5.56 Å². The molecule has 1 unspecified atom stereocenters. The molecule has 1 N–H and O–H groups in total. The van der Waals surface area contributed by atoms with Crippen LogP contribution in [0.3, 0.4) is 0 Å². The maximum atomic E-state index is 5.72. The van der Waals surface area contributed by atoms with Gasteiger partial charge in [-0.05, 0) is 26.0 Å². The van der Waals surface area contributed by atoms with Gasteiger partial charge in [-0.3, -0.25) is 4.68 Å². The van der Waals surface area contributed by atoms with Gasteiger partial charge in [-0.1, -0.05) is 6.07 Å². The molecule has 2 aromatic rings. The molecule has 1 aromatic heterocycles. The van der Waals surface area contributed by atoms with Crippen molar-refractivity contribution in [2.45, 2.75) is 19.9 Å². The minimum Gasteiger partial charge on any atom is -0.486 e. The topological polar surface area (TPSA) is 48.3 Å². The van der Waals surface area contributed by atoms with Crippen molar-refractivity contribution < 1.29 is 9.47 Å². The summed E-state index contributed by atoms with van der Waals surface area (Å²) in [7, 11) is 1.94. The summed E-state index contributed by atoms with van der Waals surface area (Å²) >= 11 is 0. The van der Waals surface area contributed by atoms with Crippen LogP contribution in [0, 0.1) is 6.92 Å². The van der Waals surface area contributed by atoms with Crippen molar-refractivity contribution in [1.82, 2.24) is 9.78 Å². The number of benzene rings is 1. The Labute approximate surface area is 118 Å². The Morgan fingerprint density at radius 1 is 1.30 bits per heavy atom. The predicted molar refractivity (Wildman–Crippen MR) is 77.4 cm³/mol. The fraction of sp³-hybridized carbons (Fsp3) is 0.400. The average molecular weight is 273 g/mol. The van der Waals surface area contributed by atoms with Crippen molar-refractivity contribution in [2.75, 3.05) is 18.5 Å². The van der Waals surface area contributed by atoms with E-state index in [-0.39, 0.29) is 6.04 Å². The van der Waals surface area contributed by atoms with E-state index < -0.39 is 0 Å². The van der Waals surface area contributed by atoms with Crippen LogP contribution in [0.1, 0.15) is 24.2 Å². The zero-order chi connectivity index (χ0) is 14.1. The molecule has 1 atom stereocenters. The van der Waals surface area contributed by atoms with Crippen LogP contribution < -0.4 is 14.8 Å². The van der Waals surface area contributed by atoms with E-state index in [9.17, 15) is 0 Å². The smallest absolute Gasteiger partial charge is 0.184 e. The largest absolute Gasteiger partial charge is 0.486 e. The number of rotatable bonds is 3. The summed E-state index contributed by atoms with van der Waals surface area (Å²) < 4.78 is 13.2. The second-order valence-corrected chi connectivity index (χ2v) is 5.04. The third kappa shape index (κ3) is 2.31. The molecule has 0 amide bonds. The molecule has 5 nitrogen and oxygen atoms in total. The van der Waals surface area contributed by atoms with Crippen LogP contribution in [-0.4, -0.2) is 23.0 Å². The molecular formula is C15H19N3O2. The normalized spacial score (nSPS) is 14.9. The first-order valence-corrected chi connectivity index (χ1v) is 6.80. The summed E-state index contributed by atoms with van der Waals surface area (Å²) in [5.41, 5.74) is 3.18.